The van der Waals surface area contributed by atoms with Gasteiger partial charge in [0, 0.05) is 37.5 Å². The van der Waals surface area contributed by atoms with Crippen LogP contribution in [0.3, 0.4) is 0 Å². The molecular weight excluding hydrogens is 401 g/mol. The first-order chi connectivity index (χ1) is 11.6. The van der Waals surface area contributed by atoms with Crippen LogP contribution in [0.5, 0.6) is 0 Å². The topological polar surface area (TPSA) is 40.6 Å². The largest absolute Gasteiger partial charge is 0.413 e. The van der Waals surface area contributed by atoms with Crippen LogP contribution in [-0.2, 0) is 9.59 Å². The summed E-state index contributed by atoms with van der Waals surface area (Å²) < 4.78 is 41.5. The quantitative estimate of drug-likeness (QED) is 0.746. The summed E-state index contributed by atoms with van der Waals surface area (Å²) in [5, 5.41) is 0. The van der Waals surface area contributed by atoms with Gasteiger partial charge in [-0.2, -0.15) is 13.2 Å². The smallest absolute Gasteiger partial charge is 0.343 e. The Labute approximate surface area is 153 Å². The van der Waals surface area contributed by atoms with Gasteiger partial charge in [0.1, 0.15) is 0 Å². The molecule has 1 aromatic rings. The monoisotopic (exact) mass is 420 g/mol. The highest BCUT2D eigenvalue weighted by molar-refractivity contribution is 9.10. The Balaban J connectivity index is 2.16. The standard InChI is InChI=1S/C17H20BrF3N2O2/c1-11(24)23-9-7-13(8-10-23)16(25)22(2)15(17(19,20)21)12-3-5-14(18)6-4-12/h3-6,13,15H,7-10H2,1-2H3/t15-/m0/s1. The molecule has 0 radical (unpaired) electrons. The summed E-state index contributed by atoms with van der Waals surface area (Å²) in [6.45, 7) is 2.24. The van der Waals surface area contributed by atoms with Gasteiger partial charge >= 0.3 is 6.18 Å². The van der Waals surface area contributed by atoms with Crippen LogP contribution in [0.4, 0.5) is 13.2 Å². The zero-order valence-corrected chi connectivity index (χ0v) is 15.6. The average molecular weight is 421 g/mol. The van der Waals surface area contributed by atoms with Gasteiger partial charge in [0.05, 0.1) is 0 Å². The van der Waals surface area contributed by atoms with E-state index in [2.05, 4.69) is 15.9 Å². The van der Waals surface area contributed by atoms with Crippen molar-refractivity contribution in [2.24, 2.45) is 5.92 Å². The van der Waals surface area contributed by atoms with Crippen LogP contribution >= 0.6 is 15.9 Å². The number of benzene rings is 1. The Bertz CT molecular complexity index is 626. The summed E-state index contributed by atoms with van der Waals surface area (Å²) in [5.41, 5.74) is 0.0210. The average Bonchev–Trinajstić information content (AvgIpc) is 2.55. The summed E-state index contributed by atoms with van der Waals surface area (Å²) in [6, 6.07) is 3.79. The zero-order chi connectivity index (χ0) is 18.8. The van der Waals surface area contributed by atoms with Crippen molar-refractivity contribution in [3.8, 4) is 0 Å². The van der Waals surface area contributed by atoms with E-state index in [-0.39, 0.29) is 11.5 Å². The SMILES string of the molecule is CC(=O)N1CCC(C(=O)N(C)[C@@H](c2ccc(Br)cc2)C(F)(F)F)CC1. The maximum absolute atomic E-state index is 13.6. The summed E-state index contributed by atoms with van der Waals surface area (Å²) in [7, 11) is 1.19. The van der Waals surface area contributed by atoms with E-state index >= 15 is 0 Å². The maximum atomic E-state index is 13.6. The Morgan fingerprint density at radius 2 is 1.72 bits per heavy atom. The van der Waals surface area contributed by atoms with Gasteiger partial charge in [0.25, 0.3) is 0 Å². The normalized spacial score (nSPS) is 17.3. The van der Waals surface area contributed by atoms with E-state index in [1.165, 1.54) is 38.2 Å². The highest BCUT2D eigenvalue weighted by Gasteiger charge is 2.46. The highest BCUT2D eigenvalue weighted by atomic mass is 79.9. The lowest BCUT2D eigenvalue weighted by atomic mass is 9.94. The minimum atomic E-state index is -4.57. The van der Waals surface area contributed by atoms with Crippen molar-refractivity contribution in [1.29, 1.82) is 0 Å². The van der Waals surface area contributed by atoms with Crippen molar-refractivity contribution in [3.63, 3.8) is 0 Å². The zero-order valence-electron chi connectivity index (χ0n) is 14.0. The lowest BCUT2D eigenvalue weighted by Crippen LogP contribution is -2.46. The van der Waals surface area contributed by atoms with Gasteiger partial charge in [0.2, 0.25) is 11.8 Å². The third-order valence-electron chi connectivity index (χ3n) is 4.52. The number of carbonyl (C=O) groups is 2. The van der Waals surface area contributed by atoms with E-state index in [0.717, 1.165) is 4.90 Å². The molecule has 0 unspecified atom stereocenters. The molecule has 4 nitrogen and oxygen atoms in total. The predicted octanol–water partition coefficient (Wildman–Crippen LogP) is 3.77. The molecule has 1 aliphatic rings. The minimum absolute atomic E-state index is 0.0210. The fraction of sp³-hybridized carbons (Fsp3) is 0.529. The van der Waals surface area contributed by atoms with Gasteiger partial charge in [-0.25, -0.2) is 0 Å². The molecule has 1 atom stereocenters. The lowest BCUT2D eigenvalue weighted by Gasteiger charge is -2.36. The van der Waals surface area contributed by atoms with Gasteiger partial charge in [0.15, 0.2) is 6.04 Å². The molecule has 25 heavy (non-hydrogen) atoms. The fourth-order valence-electron chi connectivity index (χ4n) is 3.13. The van der Waals surface area contributed by atoms with Crippen LogP contribution in [0.2, 0.25) is 0 Å². The molecule has 138 valence electrons. The lowest BCUT2D eigenvalue weighted by molar-refractivity contribution is -0.191. The number of halogens is 4. The number of carbonyl (C=O) groups excluding carboxylic acids is 2. The van der Waals surface area contributed by atoms with Crippen LogP contribution in [-0.4, -0.2) is 47.9 Å². The Kier molecular flexibility index (Phi) is 6.13. The first-order valence-corrected chi connectivity index (χ1v) is 8.75. The molecular formula is C17H20BrF3N2O2. The number of nitrogens with zero attached hydrogens (tertiary/aromatic N) is 2. The van der Waals surface area contributed by atoms with Crippen molar-refractivity contribution < 1.29 is 22.8 Å². The summed E-state index contributed by atoms with van der Waals surface area (Å²) in [6.07, 6.45) is -3.81. The van der Waals surface area contributed by atoms with Crippen LogP contribution in [0, 0.1) is 5.92 Å². The molecule has 1 aromatic carbocycles. The summed E-state index contributed by atoms with van der Waals surface area (Å²) in [4.78, 5) is 26.4. The van der Waals surface area contributed by atoms with E-state index in [0.29, 0.717) is 30.4 Å². The van der Waals surface area contributed by atoms with Crippen LogP contribution in [0.15, 0.2) is 28.7 Å². The molecule has 2 amide bonds. The summed E-state index contributed by atoms with van der Waals surface area (Å²) in [5.74, 6) is -1.11. The minimum Gasteiger partial charge on any atom is -0.343 e. The van der Waals surface area contributed by atoms with Crippen molar-refractivity contribution in [2.45, 2.75) is 32.0 Å². The molecule has 0 aliphatic carbocycles. The molecule has 1 saturated heterocycles. The number of likely N-dealkylation sites (tertiary alicyclic amines) is 1. The van der Waals surface area contributed by atoms with E-state index in [4.69, 9.17) is 0 Å². The molecule has 1 fully saturated rings. The highest BCUT2D eigenvalue weighted by Crippen LogP contribution is 2.38. The van der Waals surface area contributed by atoms with Gasteiger partial charge in [-0.1, -0.05) is 28.1 Å². The number of hydrogen-bond acceptors (Lipinski definition) is 2. The van der Waals surface area contributed by atoms with Gasteiger partial charge in [-0.05, 0) is 30.5 Å². The van der Waals surface area contributed by atoms with E-state index in [9.17, 15) is 22.8 Å². The number of rotatable bonds is 3. The van der Waals surface area contributed by atoms with Gasteiger partial charge < -0.3 is 9.80 Å². The van der Waals surface area contributed by atoms with E-state index < -0.39 is 24.0 Å². The number of hydrogen-bond donors (Lipinski definition) is 0. The van der Waals surface area contributed by atoms with E-state index in [1.807, 2.05) is 0 Å². The third kappa shape index (κ3) is 4.74. The predicted molar refractivity (Wildman–Crippen MR) is 90.7 cm³/mol. The molecule has 8 heteroatoms. The van der Waals surface area contributed by atoms with Crippen LogP contribution in [0.1, 0.15) is 31.4 Å². The van der Waals surface area contributed by atoms with Crippen molar-refractivity contribution in [3.05, 3.63) is 34.3 Å². The van der Waals surface area contributed by atoms with Gasteiger partial charge in [-0.15, -0.1) is 0 Å². The van der Waals surface area contributed by atoms with Crippen molar-refractivity contribution in [1.82, 2.24) is 9.80 Å². The van der Waals surface area contributed by atoms with Crippen molar-refractivity contribution >= 4 is 27.7 Å². The number of alkyl halides is 3. The molecule has 2 rings (SSSR count). The Morgan fingerprint density at radius 3 is 2.16 bits per heavy atom. The van der Waals surface area contributed by atoms with E-state index in [1.54, 1.807) is 4.90 Å². The van der Waals surface area contributed by atoms with Gasteiger partial charge in [-0.3, -0.25) is 9.59 Å². The molecule has 0 saturated carbocycles. The third-order valence-corrected chi connectivity index (χ3v) is 5.05. The summed E-state index contributed by atoms with van der Waals surface area (Å²) >= 11 is 3.20. The van der Waals surface area contributed by atoms with Crippen LogP contribution < -0.4 is 0 Å². The second-order valence-corrected chi connectivity index (χ2v) is 7.14. The molecule has 0 aromatic heterocycles. The number of amides is 2. The fourth-order valence-corrected chi connectivity index (χ4v) is 3.40. The van der Waals surface area contributed by atoms with Crippen LogP contribution in [0.25, 0.3) is 0 Å². The molecule has 1 heterocycles. The maximum Gasteiger partial charge on any atom is 0.413 e. The molecule has 0 spiro atoms. The number of piperidine rings is 1. The van der Waals surface area contributed by atoms with Crippen molar-refractivity contribution in [2.75, 3.05) is 20.1 Å². The Hall–Kier alpha value is -1.57. The molecule has 0 bridgehead atoms. The first-order valence-electron chi connectivity index (χ1n) is 7.95. The molecule has 1 aliphatic heterocycles. The molecule has 0 N–H and O–H groups in total. The Morgan fingerprint density at radius 1 is 1.20 bits per heavy atom. The second-order valence-electron chi connectivity index (χ2n) is 6.23. The second kappa shape index (κ2) is 7.76. The first kappa shape index (κ1) is 19.8.